The topological polar surface area (TPSA) is 61.8 Å². The van der Waals surface area contributed by atoms with E-state index in [1.165, 1.54) is 0 Å². The molecule has 0 bridgehead atoms. The Morgan fingerprint density at radius 3 is 2.54 bits per heavy atom. The van der Waals surface area contributed by atoms with Crippen molar-refractivity contribution in [3.05, 3.63) is 95.2 Å². The monoisotopic (exact) mass is 372 g/mol. The number of allylic oxidation sites excluding steroid dienone is 1. The van der Waals surface area contributed by atoms with Crippen molar-refractivity contribution in [1.29, 1.82) is 0 Å². The van der Waals surface area contributed by atoms with Crippen LogP contribution in [0.3, 0.4) is 0 Å². The third-order valence-corrected chi connectivity index (χ3v) is 4.25. The first-order valence-electron chi connectivity index (χ1n) is 8.63. The van der Waals surface area contributed by atoms with Crippen LogP contribution in [0.25, 0.3) is 6.08 Å². The average Bonchev–Trinajstić information content (AvgIpc) is 3.03. The summed E-state index contributed by atoms with van der Waals surface area (Å²) in [5.41, 5.74) is 1.65. The summed E-state index contributed by atoms with van der Waals surface area (Å²) < 4.78 is 16.3. The number of methoxy groups -OCH3 is 1. The van der Waals surface area contributed by atoms with Gasteiger partial charge in [0.25, 0.3) is 0 Å². The van der Waals surface area contributed by atoms with Crippen molar-refractivity contribution in [2.45, 2.75) is 0 Å². The van der Waals surface area contributed by atoms with Gasteiger partial charge >= 0.3 is 5.97 Å². The van der Waals surface area contributed by atoms with Gasteiger partial charge in [0.05, 0.1) is 18.2 Å². The number of ketones is 1. The molecule has 0 saturated heterocycles. The lowest BCUT2D eigenvalue weighted by atomic mass is 10.1. The van der Waals surface area contributed by atoms with Crippen LogP contribution in [0, 0.1) is 0 Å². The molecule has 0 saturated carbocycles. The van der Waals surface area contributed by atoms with Crippen LogP contribution in [0.2, 0.25) is 0 Å². The number of ether oxygens (including phenoxy) is 3. The predicted molar refractivity (Wildman–Crippen MR) is 104 cm³/mol. The van der Waals surface area contributed by atoms with Gasteiger partial charge in [-0.25, -0.2) is 4.79 Å². The number of Topliss-reactive ketones (excluding diaryl/α,β-unsaturated/α-hetero) is 1. The van der Waals surface area contributed by atoms with Crippen LogP contribution in [0.5, 0.6) is 17.2 Å². The molecule has 0 aliphatic carbocycles. The average molecular weight is 372 g/mol. The van der Waals surface area contributed by atoms with E-state index in [0.717, 1.165) is 5.56 Å². The Hall–Kier alpha value is -3.86. The van der Waals surface area contributed by atoms with Crippen molar-refractivity contribution in [2.24, 2.45) is 0 Å². The van der Waals surface area contributed by atoms with Gasteiger partial charge < -0.3 is 14.2 Å². The number of fused-ring (bicyclic) bond motifs is 1. The van der Waals surface area contributed by atoms with Crippen LogP contribution in [0.4, 0.5) is 0 Å². The molecule has 0 amide bonds. The first kappa shape index (κ1) is 17.5. The number of carbonyl (C=O) groups excluding carboxylic acids is 2. The third-order valence-electron chi connectivity index (χ3n) is 4.25. The molecule has 5 heteroatoms. The highest BCUT2D eigenvalue weighted by Gasteiger charge is 2.28. The van der Waals surface area contributed by atoms with Gasteiger partial charge in [0.15, 0.2) is 5.76 Å². The van der Waals surface area contributed by atoms with E-state index in [0.29, 0.717) is 28.4 Å². The van der Waals surface area contributed by atoms with Gasteiger partial charge in [-0.3, -0.25) is 4.79 Å². The Morgan fingerprint density at radius 1 is 0.929 bits per heavy atom. The number of hydrogen-bond donors (Lipinski definition) is 0. The molecule has 1 heterocycles. The Bertz CT molecular complexity index is 1080. The zero-order valence-corrected chi connectivity index (χ0v) is 15.0. The Morgan fingerprint density at radius 2 is 1.75 bits per heavy atom. The van der Waals surface area contributed by atoms with E-state index in [9.17, 15) is 9.59 Å². The molecule has 0 aromatic heterocycles. The number of esters is 1. The molecule has 1 aliphatic rings. The van der Waals surface area contributed by atoms with Crippen molar-refractivity contribution in [3.63, 3.8) is 0 Å². The SMILES string of the molecule is COc1cccc(/C=C2/Oc3cc(OC(=O)c4ccccc4)ccc3C2=O)c1. The molecule has 0 radical (unpaired) electrons. The molecular formula is C23H16O5. The first-order chi connectivity index (χ1) is 13.6. The van der Waals surface area contributed by atoms with Crippen LogP contribution in [-0.2, 0) is 0 Å². The zero-order valence-electron chi connectivity index (χ0n) is 15.0. The van der Waals surface area contributed by atoms with Crippen LogP contribution < -0.4 is 14.2 Å². The van der Waals surface area contributed by atoms with E-state index in [1.807, 2.05) is 24.3 Å². The number of benzene rings is 3. The number of carbonyl (C=O) groups is 2. The minimum Gasteiger partial charge on any atom is -0.497 e. The van der Waals surface area contributed by atoms with Gasteiger partial charge in [-0.15, -0.1) is 0 Å². The maximum absolute atomic E-state index is 12.6. The highest BCUT2D eigenvalue weighted by Crippen LogP contribution is 2.35. The van der Waals surface area contributed by atoms with E-state index in [1.54, 1.807) is 61.7 Å². The van der Waals surface area contributed by atoms with Crippen LogP contribution in [-0.4, -0.2) is 18.9 Å². The molecule has 3 aromatic carbocycles. The summed E-state index contributed by atoms with van der Waals surface area (Å²) in [4.78, 5) is 24.8. The first-order valence-corrected chi connectivity index (χ1v) is 8.63. The molecule has 1 aliphatic heterocycles. The van der Waals surface area contributed by atoms with Gasteiger partial charge in [-0.1, -0.05) is 30.3 Å². The fraction of sp³-hybridized carbons (Fsp3) is 0.0435. The zero-order chi connectivity index (χ0) is 19.5. The molecule has 0 unspecified atom stereocenters. The van der Waals surface area contributed by atoms with Crippen LogP contribution in [0.15, 0.2) is 78.6 Å². The van der Waals surface area contributed by atoms with E-state index in [4.69, 9.17) is 14.2 Å². The lowest BCUT2D eigenvalue weighted by molar-refractivity contribution is 0.0734. The van der Waals surface area contributed by atoms with E-state index in [2.05, 4.69) is 0 Å². The van der Waals surface area contributed by atoms with Crippen molar-refractivity contribution >= 4 is 17.8 Å². The molecular weight excluding hydrogens is 356 g/mol. The fourth-order valence-electron chi connectivity index (χ4n) is 2.85. The molecule has 0 fully saturated rings. The predicted octanol–water partition coefficient (Wildman–Crippen LogP) is 4.53. The van der Waals surface area contributed by atoms with Crippen molar-refractivity contribution in [3.8, 4) is 17.2 Å². The van der Waals surface area contributed by atoms with Gasteiger partial charge in [0.2, 0.25) is 5.78 Å². The molecule has 0 N–H and O–H groups in total. The lowest BCUT2D eigenvalue weighted by Crippen LogP contribution is -2.08. The maximum Gasteiger partial charge on any atom is 0.343 e. The summed E-state index contributed by atoms with van der Waals surface area (Å²) in [6.07, 6.45) is 1.65. The Balaban J connectivity index is 1.56. The molecule has 5 nitrogen and oxygen atoms in total. The minimum absolute atomic E-state index is 0.204. The summed E-state index contributed by atoms with van der Waals surface area (Å²) in [6.45, 7) is 0. The standard InChI is InChI=1S/C23H16O5/c1-26-17-9-5-6-15(12-17)13-21-22(24)19-11-10-18(14-20(19)28-21)27-23(25)16-7-3-2-4-8-16/h2-14H,1H3/b21-13+. The Kier molecular flexibility index (Phi) is 4.64. The van der Waals surface area contributed by atoms with Crippen molar-refractivity contribution in [2.75, 3.05) is 7.11 Å². The highest BCUT2D eigenvalue weighted by molar-refractivity contribution is 6.14. The summed E-state index contributed by atoms with van der Waals surface area (Å²) in [6, 6.07) is 20.7. The molecule has 0 atom stereocenters. The summed E-state index contributed by atoms with van der Waals surface area (Å²) >= 11 is 0. The minimum atomic E-state index is -0.475. The quantitative estimate of drug-likeness (QED) is 0.382. The molecule has 4 rings (SSSR count). The second kappa shape index (κ2) is 7.40. The van der Waals surface area contributed by atoms with Crippen molar-refractivity contribution < 1.29 is 23.8 Å². The van der Waals surface area contributed by atoms with E-state index in [-0.39, 0.29) is 11.5 Å². The highest BCUT2D eigenvalue weighted by atomic mass is 16.5. The second-order valence-corrected chi connectivity index (χ2v) is 6.13. The van der Waals surface area contributed by atoms with Gasteiger partial charge in [-0.05, 0) is 48.0 Å². The van der Waals surface area contributed by atoms with Gasteiger partial charge in [0.1, 0.15) is 17.2 Å². The number of hydrogen-bond acceptors (Lipinski definition) is 5. The number of rotatable bonds is 4. The van der Waals surface area contributed by atoms with Crippen LogP contribution >= 0.6 is 0 Å². The van der Waals surface area contributed by atoms with Gasteiger partial charge in [-0.2, -0.15) is 0 Å². The maximum atomic E-state index is 12.6. The molecule has 28 heavy (non-hydrogen) atoms. The van der Waals surface area contributed by atoms with E-state index >= 15 is 0 Å². The van der Waals surface area contributed by atoms with Crippen LogP contribution in [0.1, 0.15) is 26.3 Å². The van der Waals surface area contributed by atoms with E-state index < -0.39 is 5.97 Å². The fourth-order valence-corrected chi connectivity index (χ4v) is 2.85. The molecule has 0 spiro atoms. The normalized spacial score (nSPS) is 13.8. The Labute approximate surface area is 161 Å². The second-order valence-electron chi connectivity index (χ2n) is 6.13. The van der Waals surface area contributed by atoms with Crippen molar-refractivity contribution in [1.82, 2.24) is 0 Å². The summed E-state index contributed by atoms with van der Waals surface area (Å²) in [5.74, 6) is 0.860. The lowest BCUT2D eigenvalue weighted by Gasteiger charge is -2.05. The summed E-state index contributed by atoms with van der Waals surface area (Å²) in [5, 5.41) is 0. The third kappa shape index (κ3) is 3.50. The van der Waals surface area contributed by atoms with Gasteiger partial charge in [0, 0.05) is 6.07 Å². The smallest absolute Gasteiger partial charge is 0.343 e. The molecule has 138 valence electrons. The largest absolute Gasteiger partial charge is 0.497 e. The molecule has 3 aromatic rings. The summed E-state index contributed by atoms with van der Waals surface area (Å²) in [7, 11) is 1.58.